The van der Waals surface area contributed by atoms with E-state index >= 15 is 0 Å². The summed E-state index contributed by atoms with van der Waals surface area (Å²) in [6, 6.07) is 3.88. The molecule has 0 aliphatic carbocycles. The minimum Gasteiger partial charge on any atom is -0.395 e. The largest absolute Gasteiger partial charge is 0.586 e. The van der Waals surface area contributed by atoms with Crippen LogP contribution in [0.3, 0.4) is 0 Å². The molecule has 0 spiro atoms. The Balaban J connectivity index is 1.68. The number of ether oxygens (including phenoxy) is 3. The molecule has 0 radical (unpaired) electrons. The molecule has 24 heavy (non-hydrogen) atoms. The smallest absolute Gasteiger partial charge is 0.395 e. The number of anilines is 1. The molecule has 0 aromatic heterocycles. The number of halogens is 2. The van der Waals surface area contributed by atoms with Crippen molar-refractivity contribution in [1.29, 1.82) is 0 Å². The van der Waals surface area contributed by atoms with Gasteiger partial charge in [0.2, 0.25) is 0 Å². The summed E-state index contributed by atoms with van der Waals surface area (Å²) in [7, 11) is 0. The average molecular weight is 342 g/mol. The topological polar surface area (TPSA) is 60.0 Å². The molecular formula is C16H20F2N2O4. The fourth-order valence-electron chi connectivity index (χ4n) is 2.88. The third-order valence-electron chi connectivity index (χ3n) is 3.88. The summed E-state index contributed by atoms with van der Waals surface area (Å²) >= 11 is 0. The van der Waals surface area contributed by atoms with E-state index in [4.69, 9.17) is 4.74 Å². The second-order valence-corrected chi connectivity index (χ2v) is 6.31. The third-order valence-corrected chi connectivity index (χ3v) is 3.88. The standard InChI is InChI=1S/C16H20F2N2O4/c1-10(2)7-12-9-22-6-5-20(12)15(21)19-11-3-4-13-14(8-11)24-16(17,18)23-13/h3-4,8,10,12H,5-7,9H2,1-2H3,(H,19,21). The van der Waals surface area contributed by atoms with Gasteiger partial charge in [-0.1, -0.05) is 13.8 Å². The Labute approximate surface area is 138 Å². The number of fused-ring (bicyclic) bond motifs is 1. The number of benzene rings is 1. The predicted molar refractivity (Wildman–Crippen MR) is 82.4 cm³/mol. The number of nitrogens with one attached hydrogen (secondary N) is 1. The van der Waals surface area contributed by atoms with E-state index in [-0.39, 0.29) is 23.6 Å². The zero-order valence-corrected chi connectivity index (χ0v) is 13.6. The van der Waals surface area contributed by atoms with Gasteiger partial charge in [0, 0.05) is 18.3 Å². The van der Waals surface area contributed by atoms with E-state index in [1.165, 1.54) is 18.2 Å². The average Bonchev–Trinajstić information content (AvgIpc) is 2.80. The number of hydrogen-bond donors (Lipinski definition) is 1. The molecule has 2 amide bonds. The van der Waals surface area contributed by atoms with Crippen LogP contribution < -0.4 is 14.8 Å². The highest BCUT2D eigenvalue weighted by Crippen LogP contribution is 2.42. The fraction of sp³-hybridized carbons (Fsp3) is 0.562. The monoisotopic (exact) mass is 342 g/mol. The Bertz CT molecular complexity index is 624. The lowest BCUT2D eigenvalue weighted by molar-refractivity contribution is -0.286. The number of urea groups is 1. The lowest BCUT2D eigenvalue weighted by atomic mass is 10.0. The highest BCUT2D eigenvalue weighted by molar-refractivity contribution is 5.90. The third kappa shape index (κ3) is 3.69. The summed E-state index contributed by atoms with van der Waals surface area (Å²) in [5.74, 6) is 0.278. The van der Waals surface area contributed by atoms with E-state index in [0.717, 1.165) is 6.42 Å². The summed E-state index contributed by atoms with van der Waals surface area (Å²) in [5, 5.41) is 2.72. The molecule has 8 heteroatoms. The number of hydrogen-bond acceptors (Lipinski definition) is 4. The molecule has 0 bridgehead atoms. The van der Waals surface area contributed by atoms with Gasteiger partial charge in [0.1, 0.15) is 0 Å². The molecule has 3 rings (SSSR count). The van der Waals surface area contributed by atoms with Gasteiger partial charge in [-0.2, -0.15) is 0 Å². The number of rotatable bonds is 3. The highest BCUT2D eigenvalue weighted by Gasteiger charge is 2.43. The van der Waals surface area contributed by atoms with Crippen LogP contribution in [-0.4, -0.2) is 43.0 Å². The number of amides is 2. The van der Waals surface area contributed by atoms with Crippen molar-refractivity contribution >= 4 is 11.7 Å². The molecule has 1 saturated heterocycles. The predicted octanol–water partition coefficient (Wildman–Crippen LogP) is 3.29. The number of nitrogens with zero attached hydrogens (tertiary/aromatic N) is 1. The molecule has 2 heterocycles. The second kappa shape index (κ2) is 6.43. The van der Waals surface area contributed by atoms with Gasteiger partial charge in [-0.25, -0.2) is 4.79 Å². The van der Waals surface area contributed by atoms with E-state index in [9.17, 15) is 13.6 Å². The summed E-state index contributed by atoms with van der Waals surface area (Å²) < 4.78 is 40.3. The van der Waals surface area contributed by atoms with Crippen molar-refractivity contribution in [3.8, 4) is 11.5 Å². The van der Waals surface area contributed by atoms with Gasteiger partial charge in [-0.3, -0.25) is 0 Å². The van der Waals surface area contributed by atoms with Crippen molar-refractivity contribution < 1.29 is 27.8 Å². The van der Waals surface area contributed by atoms with Crippen LogP contribution in [0.15, 0.2) is 18.2 Å². The normalized spacial score (nSPS) is 21.9. The van der Waals surface area contributed by atoms with Crippen LogP contribution in [0.4, 0.5) is 19.3 Å². The van der Waals surface area contributed by atoms with Crippen LogP contribution in [-0.2, 0) is 4.74 Å². The molecular weight excluding hydrogens is 322 g/mol. The summed E-state index contributed by atoms with van der Waals surface area (Å²) in [4.78, 5) is 14.3. The van der Waals surface area contributed by atoms with Crippen LogP contribution in [0.5, 0.6) is 11.5 Å². The summed E-state index contributed by atoms with van der Waals surface area (Å²) in [6.07, 6.45) is -2.84. The second-order valence-electron chi connectivity index (χ2n) is 6.31. The molecule has 2 aliphatic rings. The zero-order chi connectivity index (χ0) is 17.3. The minimum atomic E-state index is -3.67. The van der Waals surface area contributed by atoms with E-state index in [1.807, 2.05) is 0 Å². The first-order chi connectivity index (χ1) is 11.3. The lowest BCUT2D eigenvalue weighted by Crippen LogP contribution is -2.50. The highest BCUT2D eigenvalue weighted by atomic mass is 19.3. The SMILES string of the molecule is CC(C)CC1COCCN1C(=O)Nc1ccc2c(c1)OC(F)(F)O2. The number of carbonyl (C=O) groups excluding carboxylic acids is 1. The van der Waals surface area contributed by atoms with Crippen LogP contribution in [0.1, 0.15) is 20.3 Å². The number of morpholine rings is 1. The molecule has 1 fully saturated rings. The summed E-state index contributed by atoms with van der Waals surface area (Å²) in [6.45, 7) is 5.64. The van der Waals surface area contributed by atoms with E-state index in [0.29, 0.717) is 31.4 Å². The number of carbonyl (C=O) groups is 1. The van der Waals surface area contributed by atoms with Gasteiger partial charge < -0.3 is 24.4 Å². The van der Waals surface area contributed by atoms with Crippen molar-refractivity contribution in [2.45, 2.75) is 32.6 Å². The molecule has 1 unspecified atom stereocenters. The van der Waals surface area contributed by atoms with Crippen LogP contribution in [0.25, 0.3) is 0 Å². The zero-order valence-electron chi connectivity index (χ0n) is 13.6. The number of alkyl halides is 2. The van der Waals surface area contributed by atoms with E-state index in [2.05, 4.69) is 28.6 Å². The van der Waals surface area contributed by atoms with Gasteiger partial charge in [-0.15, -0.1) is 8.78 Å². The van der Waals surface area contributed by atoms with Gasteiger partial charge in [0.05, 0.1) is 19.3 Å². The van der Waals surface area contributed by atoms with Crippen molar-refractivity contribution in [3.63, 3.8) is 0 Å². The molecule has 1 aromatic carbocycles. The molecule has 2 aliphatic heterocycles. The van der Waals surface area contributed by atoms with Gasteiger partial charge in [-0.05, 0) is 24.5 Å². The Morgan fingerprint density at radius 3 is 2.88 bits per heavy atom. The molecule has 132 valence electrons. The van der Waals surface area contributed by atoms with Crippen LogP contribution >= 0.6 is 0 Å². The van der Waals surface area contributed by atoms with E-state index < -0.39 is 6.29 Å². The Morgan fingerprint density at radius 2 is 2.12 bits per heavy atom. The molecule has 1 N–H and O–H groups in total. The Morgan fingerprint density at radius 1 is 1.38 bits per heavy atom. The molecule has 1 aromatic rings. The van der Waals surface area contributed by atoms with E-state index in [1.54, 1.807) is 4.90 Å². The lowest BCUT2D eigenvalue weighted by Gasteiger charge is -2.36. The van der Waals surface area contributed by atoms with Crippen molar-refractivity contribution in [2.24, 2.45) is 5.92 Å². The maximum absolute atomic E-state index is 13.0. The molecule has 1 atom stereocenters. The van der Waals surface area contributed by atoms with Gasteiger partial charge in [0.25, 0.3) is 0 Å². The molecule has 0 saturated carbocycles. The van der Waals surface area contributed by atoms with Crippen molar-refractivity contribution in [2.75, 3.05) is 25.1 Å². The first kappa shape index (κ1) is 16.8. The van der Waals surface area contributed by atoms with Crippen molar-refractivity contribution in [1.82, 2.24) is 4.90 Å². The Kier molecular flexibility index (Phi) is 4.49. The fourth-order valence-corrected chi connectivity index (χ4v) is 2.88. The van der Waals surface area contributed by atoms with Crippen LogP contribution in [0.2, 0.25) is 0 Å². The summed E-state index contributed by atoms with van der Waals surface area (Å²) in [5.41, 5.74) is 0.370. The molecule has 6 nitrogen and oxygen atoms in total. The van der Waals surface area contributed by atoms with Gasteiger partial charge in [0.15, 0.2) is 11.5 Å². The van der Waals surface area contributed by atoms with Crippen LogP contribution in [0, 0.1) is 5.92 Å². The minimum absolute atomic E-state index is 0.00269. The maximum atomic E-state index is 13.0. The van der Waals surface area contributed by atoms with Gasteiger partial charge >= 0.3 is 12.3 Å². The first-order valence-electron chi connectivity index (χ1n) is 7.89. The maximum Gasteiger partial charge on any atom is 0.586 e. The Hall–Kier alpha value is -2.09. The van der Waals surface area contributed by atoms with Crippen molar-refractivity contribution in [3.05, 3.63) is 18.2 Å². The first-order valence-corrected chi connectivity index (χ1v) is 7.89. The quantitative estimate of drug-likeness (QED) is 0.916.